The number of thioether (sulfide) groups is 1. The minimum atomic E-state index is -1.07. The summed E-state index contributed by atoms with van der Waals surface area (Å²) in [6.07, 6.45) is 1.86. The van der Waals surface area contributed by atoms with E-state index in [1.807, 2.05) is 26.0 Å². The zero-order valence-electron chi connectivity index (χ0n) is 28.6. The van der Waals surface area contributed by atoms with Crippen molar-refractivity contribution in [2.24, 2.45) is 0 Å². The highest BCUT2D eigenvalue weighted by Crippen LogP contribution is 2.35. The molecule has 4 amide bonds. The molecule has 2 aromatic rings. The summed E-state index contributed by atoms with van der Waals surface area (Å²) in [5, 5.41) is 31.7. The Labute approximate surface area is 291 Å². The van der Waals surface area contributed by atoms with Gasteiger partial charge in [0, 0.05) is 50.2 Å². The van der Waals surface area contributed by atoms with Gasteiger partial charge in [0.15, 0.2) is 5.88 Å². The fourth-order valence-corrected chi connectivity index (χ4v) is 5.24. The normalized spacial score (nSPS) is 11.6. The molecule has 0 bridgehead atoms. The van der Waals surface area contributed by atoms with E-state index in [2.05, 4.69) is 21.3 Å². The number of anilines is 1. The van der Waals surface area contributed by atoms with Crippen molar-refractivity contribution in [3.8, 4) is 11.8 Å². The smallest absolute Gasteiger partial charge is 0.250 e. The van der Waals surface area contributed by atoms with Gasteiger partial charge in [0.1, 0.15) is 19.3 Å². The summed E-state index contributed by atoms with van der Waals surface area (Å²) in [6.45, 7) is 8.22. The van der Waals surface area contributed by atoms with Gasteiger partial charge in [0.05, 0.1) is 37.9 Å². The predicted octanol–water partition coefficient (Wildman–Crippen LogP) is 1.80. The van der Waals surface area contributed by atoms with Crippen LogP contribution >= 0.6 is 11.8 Å². The largest absolute Gasteiger partial charge is 0.494 e. The van der Waals surface area contributed by atoms with Crippen LogP contribution in [0.2, 0.25) is 0 Å². The number of aryl methyl sites for hydroxylation is 1. The van der Waals surface area contributed by atoms with Crippen LogP contribution in [-0.2, 0) is 51.1 Å². The van der Waals surface area contributed by atoms with Crippen molar-refractivity contribution < 1.29 is 48.3 Å². The van der Waals surface area contributed by atoms with Crippen LogP contribution in [0.25, 0.3) is 0 Å². The summed E-state index contributed by atoms with van der Waals surface area (Å²) in [7, 11) is 0. The van der Waals surface area contributed by atoms with Gasteiger partial charge in [0.25, 0.3) is 0 Å². The number of aromatic hydroxyl groups is 2. The first kappa shape index (κ1) is 41.3. The van der Waals surface area contributed by atoms with Gasteiger partial charge in [-0.2, -0.15) is 0 Å². The molecule has 1 heterocycles. The number of hydrogen-bond donors (Lipinski definition) is 6. The molecule has 6 N–H and O–H groups in total. The highest BCUT2D eigenvalue weighted by atomic mass is 32.2. The third-order valence-electron chi connectivity index (χ3n) is 6.76. The van der Waals surface area contributed by atoms with Crippen LogP contribution in [-0.4, -0.2) is 116 Å². The number of hydrogen-bond acceptors (Lipinski definition) is 11. The standard InChI is InChI=1S/C33H51N5O10S/c1-4-14-45-16-18-47-19-17-46-15-12-35-32(43)26(23-49-27-20-31(42)38(33(27)44)13-11-28(39)34-6-3)37-30(41)22-48-21-29(40)36-25-9-7-24(5-2)8-10-25/h7-10,20,26,42,44H,4-6,11-19,21-23H2,1-3H3,(H,34,39)(H,35,43)(H,36,40)(H,37,41)/t26-/m1/s1. The Morgan fingerprint density at radius 1 is 0.816 bits per heavy atom. The van der Waals surface area contributed by atoms with Gasteiger partial charge in [-0.1, -0.05) is 26.0 Å². The highest BCUT2D eigenvalue weighted by Gasteiger charge is 2.23. The number of nitrogens with zero attached hydrogens (tertiary/aromatic N) is 1. The lowest BCUT2D eigenvalue weighted by Gasteiger charge is -2.18. The number of amides is 4. The van der Waals surface area contributed by atoms with Crippen molar-refractivity contribution in [1.82, 2.24) is 20.5 Å². The Morgan fingerprint density at radius 3 is 2.12 bits per heavy atom. The second-order valence-electron chi connectivity index (χ2n) is 10.7. The van der Waals surface area contributed by atoms with E-state index in [1.54, 1.807) is 19.1 Å². The molecule has 0 aliphatic carbocycles. The molecule has 0 spiro atoms. The van der Waals surface area contributed by atoms with E-state index in [1.165, 1.54) is 10.6 Å². The van der Waals surface area contributed by atoms with Crippen LogP contribution in [0.15, 0.2) is 35.2 Å². The van der Waals surface area contributed by atoms with Crippen molar-refractivity contribution >= 4 is 41.1 Å². The quantitative estimate of drug-likeness (QED) is 0.0615. The predicted molar refractivity (Wildman–Crippen MR) is 185 cm³/mol. The molecular formula is C33H51N5O10S. The molecule has 0 aliphatic heterocycles. The molecular weight excluding hydrogens is 658 g/mol. The second kappa shape index (κ2) is 24.3. The topological polar surface area (TPSA) is 199 Å². The number of carbonyl (C=O) groups is 4. The average Bonchev–Trinajstić information content (AvgIpc) is 3.35. The molecule has 0 fully saturated rings. The van der Waals surface area contributed by atoms with E-state index in [4.69, 9.17) is 18.9 Å². The molecule has 1 aromatic carbocycles. The van der Waals surface area contributed by atoms with Gasteiger partial charge in [-0.25, -0.2) is 0 Å². The monoisotopic (exact) mass is 709 g/mol. The molecule has 0 saturated carbocycles. The van der Waals surface area contributed by atoms with E-state index in [9.17, 15) is 29.4 Å². The first-order chi connectivity index (χ1) is 23.7. The van der Waals surface area contributed by atoms with Crippen LogP contribution in [0.4, 0.5) is 5.69 Å². The Hall–Kier alpha value is -3.83. The Balaban J connectivity index is 1.89. The summed E-state index contributed by atoms with van der Waals surface area (Å²) in [5.74, 6) is -2.37. The average molecular weight is 710 g/mol. The molecule has 0 unspecified atom stereocenters. The molecule has 274 valence electrons. The molecule has 1 atom stereocenters. The SMILES string of the molecule is CCCOCCOCCOCCNC(=O)[C@@H](CSc1cc(O)n(CCC(=O)NCC)c1O)NC(=O)COCC(=O)Nc1ccc(CC)cc1. The molecule has 1 aromatic heterocycles. The van der Waals surface area contributed by atoms with Crippen LogP contribution in [0.3, 0.4) is 0 Å². The molecule has 15 nitrogen and oxygen atoms in total. The Bertz CT molecular complexity index is 1290. The number of nitrogens with one attached hydrogen (secondary N) is 4. The minimum absolute atomic E-state index is 0.0199. The van der Waals surface area contributed by atoms with Crippen molar-refractivity contribution in [2.75, 3.05) is 77.0 Å². The third-order valence-corrected chi connectivity index (χ3v) is 7.87. The van der Waals surface area contributed by atoms with Crippen molar-refractivity contribution in [3.05, 3.63) is 35.9 Å². The van der Waals surface area contributed by atoms with Crippen LogP contribution in [0.1, 0.15) is 39.2 Å². The van der Waals surface area contributed by atoms with Gasteiger partial charge in [-0.3, -0.25) is 23.7 Å². The van der Waals surface area contributed by atoms with Gasteiger partial charge in [-0.15, -0.1) is 11.8 Å². The van der Waals surface area contributed by atoms with Gasteiger partial charge >= 0.3 is 0 Å². The fraction of sp³-hybridized carbons (Fsp3) is 0.576. The van der Waals surface area contributed by atoms with Crippen molar-refractivity contribution in [3.63, 3.8) is 0 Å². The second-order valence-corrected chi connectivity index (χ2v) is 11.8. The number of ether oxygens (including phenoxy) is 4. The maximum Gasteiger partial charge on any atom is 0.250 e. The molecule has 49 heavy (non-hydrogen) atoms. The Kier molecular flexibility index (Phi) is 20.5. The summed E-state index contributed by atoms with van der Waals surface area (Å²) in [4.78, 5) is 50.2. The first-order valence-corrected chi connectivity index (χ1v) is 17.4. The first-order valence-electron chi connectivity index (χ1n) is 16.5. The molecule has 0 radical (unpaired) electrons. The van der Waals surface area contributed by atoms with Crippen LogP contribution < -0.4 is 21.3 Å². The number of carbonyl (C=O) groups excluding carboxylic acids is 4. The molecule has 16 heteroatoms. The molecule has 2 rings (SSSR count). The Morgan fingerprint density at radius 2 is 1.47 bits per heavy atom. The van der Waals surface area contributed by atoms with Gasteiger partial charge in [-0.05, 0) is 37.5 Å². The lowest BCUT2D eigenvalue weighted by Crippen LogP contribution is -2.50. The van der Waals surface area contributed by atoms with E-state index < -0.39 is 30.4 Å². The maximum atomic E-state index is 13.1. The lowest BCUT2D eigenvalue weighted by molar-refractivity contribution is -0.132. The lowest BCUT2D eigenvalue weighted by atomic mass is 10.1. The zero-order chi connectivity index (χ0) is 35.9. The van der Waals surface area contributed by atoms with Crippen molar-refractivity contribution in [2.45, 2.75) is 57.5 Å². The van der Waals surface area contributed by atoms with Crippen molar-refractivity contribution in [1.29, 1.82) is 0 Å². The number of aromatic nitrogens is 1. The van der Waals surface area contributed by atoms with E-state index >= 15 is 0 Å². The number of rotatable bonds is 26. The fourth-order valence-electron chi connectivity index (χ4n) is 4.23. The maximum absolute atomic E-state index is 13.1. The summed E-state index contributed by atoms with van der Waals surface area (Å²) in [6, 6.07) is 7.62. The van der Waals surface area contributed by atoms with Gasteiger partial charge < -0.3 is 50.4 Å². The van der Waals surface area contributed by atoms with E-state index in [0.29, 0.717) is 45.3 Å². The highest BCUT2D eigenvalue weighted by molar-refractivity contribution is 7.99. The van der Waals surface area contributed by atoms with Crippen LogP contribution in [0, 0.1) is 0 Å². The van der Waals surface area contributed by atoms with E-state index in [-0.39, 0.29) is 61.0 Å². The minimum Gasteiger partial charge on any atom is -0.494 e. The summed E-state index contributed by atoms with van der Waals surface area (Å²) >= 11 is 1.03. The van der Waals surface area contributed by atoms with E-state index in [0.717, 1.165) is 30.2 Å². The molecule has 0 aliphatic rings. The number of benzene rings is 1. The summed E-state index contributed by atoms with van der Waals surface area (Å²) in [5.41, 5.74) is 1.73. The molecule has 0 saturated heterocycles. The third kappa shape index (κ3) is 16.9. The zero-order valence-corrected chi connectivity index (χ0v) is 29.4. The van der Waals surface area contributed by atoms with Crippen LogP contribution in [0.5, 0.6) is 11.8 Å². The van der Waals surface area contributed by atoms with Gasteiger partial charge in [0.2, 0.25) is 29.5 Å². The summed E-state index contributed by atoms with van der Waals surface area (Å²) < 4.78 is 22.7.